The lowest BCUT2D eigenvalue weighted by Gasteiger charge is -2.20. The second-order valence-corrected chi connectivity index (χ2v) is 6.48. The van der Waals surface area contributed by atoms with Crippen molar-refractivity contribution in [2.45, 2.75) is 19.8 Å². The van der Waals surface area contributed by atoms with Crippen molar-refractivity contribution in [1.29, 1.82) is 0 Å². The van der Waals surface area contributed by atoms with Crippen molar-refractivity contribution in [3.63, 3.8) is 0 Å². The van der Waals surface area contributed by atoms with E-state index in [0.29, 0.717) is 5.82 Å². The van der Waals surface area contributed by atoms with Crippen molar-refractivity contribution in [1.82, 2.24) is 9.97 Å². The van der Waals surface area contributed by atoms with Gasteiger partial charge >= 0.3 is 0 Å². The fraction of sp³-hybridized carbons (Fsp3) is 0.167. The van der Waals surface area contributed by atoms with Crippen LogP contribution in [-0.2, 0) is 17.6 Å². The molecular formula is C18H15N3OS. The van der Waals surface area contributed by atoms with E-state index >= 15 is 0 Å². The van der Waals surface area contributed by atoms with Crippen molar-refractivity contribution in [3.05, 3.63) is 53.0 Å². The SMILES string of the molecule is CC(=O)Nc1nc2c(nc1-c1cccs1)-c1ccccc1CC2. The Morgan fingerprint density at radius 3 is 2.74 bits per heavy atom. The summed E-state index contributed by atoms with van der Waals surface area (Å²) in [6.07, 6.45) is 1.80. The molecule has 1 aliphatic carbocycles. The van der Waals surface area contributed by atoms with Crippen LogP contribution in [0.4, 0.5) is 5.82 Å². The maximum Gasteiger partial charge on any atom is 0.222 e. The van der Waals surface area contributed by atoms with E-state index in [1.54, 1.807) is 11.3 Å². The number of benzene rings is 1. The van der Waals surface area contributed by atoms with Gasteiger partial charge < -0.3 is 5.32 Å². The predicted octanol–water partition coefficient (Wildman–Crippen LogP) is 3.93. The van der Waals surface area contributed by atoms with Gasteiger partial charge in [0.25, 0.3) is 0 Å². The highest BCUT2D eigenvalue weighted by molar-refractivity contribution is 7.13. The molecular weight excluding hydrogens is 306 g/mol. The molecule has 0 spiro atoms. The Morgan fingerprint density at radius 2 is 1.96 bits per heavy atom. The number of hydrogen-bond donors (Lipinski definition) is 1. The summed E-state index contributed by atoms with van der Waals surface area (Å²) in [5.74, 6) is 0.423. The van der Waals surface area contributed by atoms with Gasteiger partial charge in [-0.2, -0.15) is 0 Å². The second-order valence-electron chi connectivity index (χ2n) is 5.53. The molecule has 3 aromatic rings. The van der Waals surface area contributed by atoms with E-state index in [2.05, 4.69) is 23.5 Å². The maximum atomic E-state index is 11.5. The number of carbonyl (C=O) groups excluding carboxylic acids is 1. The summed E-state index contributed by atoms with van der Waals surface area (Å²) in [4.78, 5) is 22.1. The zero-order chi connectivity index (χ0) is 15.8. The molecule has 0 radical (unpaired) electrons. The summed E-state index contributed by atoms with van der Waals surface area (Å²) in [5.41, 5.74) is 5.08. The number of rotatable bonds is 2. The smallest absolute Gasteiger partial charge is 0.222 e. The van der Waals surface area contributed by atoms with Crippen molar-refractivity contribution < 1.29 is 4.79 Å². The Kier molecular flexibility index (Phi) is 3.42. The minimum Gasteiger partial charge on any atom is -0.309 e. The van der Waals surface area contributed by atoms with Crippen LogP contribution < -0.4 is 5.32 Å². The quantitative estimate of drug-likeness (QED) is 0.778. The van der Waals surface area contributed by atoms with Gasteiger partial charge in [-0.15, -0.1) is 11.3 Å². The molecule has 0 fully saturated rings. The molecule has 0 unspecified atom stereocenters. The Labute approximate surface area is 138 Å². The number of aromatic nitrogens is 2. The van der Waals surface area contributed by atoms with Crippen molar-refractivity contribution in [3.8, 4) is 21.8 Å². The van der Waals surface area contributed by atoms with Crippen LogP contribution >= 0.6 is 11.3 Å². The van der Waals surface area contributed by atoms with Crippen molar-refractivity contribution in [2.75, 3.05) is 5.32 Å². The zero-order valence-electron chi connectivity index (χ0n) is 12.7. The average Bonchev–Trinajstić information content (AvgIpc) is 3.08. The molecule has 0 bridgehead atoms. The van der Waals surface area contributed by atoms with Gasteiger partial charge in [-0.05, 0) is 29.9 Å². The van der Waals surface area contributed by atoms with Crippen LogP contribution in [0.1, 0.15) is 18.2 Å². The van der Waals surface area contributed by atoms with E-state index < -0.39 is 0 Å². The summed E-state index contributed by atoms with van der Waals surface area (Å²) in [7, 11) is 0. The molecule has 2 heterocycles. The highest BCUT2D eigenvalue weighted by atomic mass is 32.1. The summed E-state index contributed by atoms with van der Waals surface area (Å²) >= 11 is 1.60. The molecule has 5 heteroatoms. The van der Waals surface area contributed by atoms with Crippen molar-refractivity contribution in [2.24, 2.45) is 0 Å². The second kappa shape index (κ2) is 5.59. The molecule has 4 rings (SSSR count). The lowest BCUT2D eigenvalue weighted by molar-refractivity contribution is -0.114. The number of amides is 1. The lowest BCUT2D eigenvalue weighted by atomic mass is 9.92. The minimum absolute atomic E-state index is 0.131. The Balaban J connectivity index is 1.94. The number of fused-ring (bicyclic) bond motifs is 3. The number of thiophene rings is 1. The normalized spacial score (nSPS) is 12.4. The van der Waals surface area contributed by atoms with Crippen LogP contribution in [0.3, 0.4) is 0 Å². The third-order valence-electron chi connectivity index (χ3n) is 3.92. The zero-order valence-corrected chi connectivity index (χ0v) is 13.5. The third-order valence-corrected chi connectivity index (χ3v) is 4.80. The number of hydrogen-bond acceptors (Lipinski definition) is 4. The van der Waals surface area contributed by atoms with Crippen LogP contribution in [0.2, 0.25) is 0 Å². The highest BCUT2D eigenvalue weighted by Gasteiger charge is 2.22. The summed E-state index contributed by atoms with van der Waals surface area (Å²) in [5, 5.41) is 4.83. The van der Waals surface area contributed by atoms with E-state index in [0.717, 1.165) is 40.4 Å². The van der Waals surface area contributed by atoms with Gasteiger partial charge in [0.05, 0.1) is 16.3 Å². The van der Waals surface area contributed by atoms with Crippen molar-refractivity contribution >= 4 is 23.1 Å². The number of nitrogens with one attached hydrogen (secondary N) is 1. The van der Waals surface area contributed by atoms with Crippen LogP contribution in [0, 0.1) is 0 Å². The molecule has 1 N–H and O–H groups in total. The average molecular weight is 321 g/mol. The molecule has 2 aromatic heterocycles. The Hall–Kier alpha value is -2.53. The van der Waals surface area contributed by atoms with Crippen LogP contribution in [0.25, 0.3) is 21.8 Å². The lowest BCUT2D eigenvalue weighted by Crippen LogP contribution is -2.14. The first-order chi connectivity index (χ1) is 11.2. The van der Waals surface area contributed by atoms with E-state index in [-0.39, 0.29) is 5.91 Å². The first kappa shape index (κ1) is 14.1. The topological polar surface area (TPSA) is 54.9 Å². The number of carbonyl (C=O) groups is 1. The standard InChI is InChI=1S/C18H15N3OS/c1-11(22)19-18-17(15-7-4-10-23-15)21-16-13-6-3-2-5-12(13)8-9-14(16)20-18/h2-7,10H,8-9H2,1H3,(H,19,20,22). The van der Waals surface area contributed by atoms with Gasteiger partial charge in [0, 0.05) is 12.5 Å². The number of nitrogens with zero attached hydrogens (tertiary/aromatic N) is 2. The molecule has 0 saturated carbocycles. The Morgan fingerprint density at radius 1 is 1.09 bits per heavy atom. The predicted molar refractivity (Wildman–Crippen MR) is 92.5 cm³/mol. The molecule has 23 heavy (non-hydrogen) atoms. The van der Waals surface area contributed by atoms with Gasteiger partial charge in [-0.25, -0.2) is 9.97 Å². The van der Waals surface area contributed by atoms with E-state index in [9.17, 15) is 4.79 Å². The molecule has 0 saturated heterocycles. The van der Waals surface area contributed by atoms with Gasteiger partial charge in [0.1, 0.15) is 5.69 Å². The maximum absolute atomic E-state index is 11.5. The Bertz CT molecular complexity index is 887. The fourth-order valence-corrected chi connectivity index (χ4v) is 3.64. The molecule has 114 valence electrons. The molecule has 1 aliphatic rings. The number of anilines is 1. The largest absolute Gasteiger partial charge is 0.309 e. The van der Waals surface area contributed by atoms with Crippen LogP contribution in [0.5, 0.6) is 0 Å². The molecule has 0 atom stereocenters. The minimum atomic E-state index is -0.131. The van der Waals surface area contributed by atoms with Gasteiger partial charge in [0.15, 0.2) is 5.82 Å². The van der Waals surface area contributed by atoms with Gasteiger partial charge in [-0.1, -0.05) is 30.3 Å². The first-order valence-corrected chi connectivity index (χ1v) is 8.41. The van der Waals surface area contributed by atoms with Gasteiger partial charge in [-0.3, -0.25) is 4.79 Å². The third kappa shape index (κ3) is 2.53. The van der Waals surface area contributed by atoms with E-state index in [1.165, 1.54) is 12.5 Å². The van der Waals surface area contributed by atoms with E-state index in [4.69, 9.17) is 9.97 Å². The highest BCUT2D eigenvalue weighted by Crippen LogP contribution is 2.36. The van der Waals surface area contributed by atoms with E-state index in [1.807, 2.05) is 23.6 Å². The van der Waals surface area contributed by atoms with Gasteiger partial charge in [0.2, 0.25) is 5.91 Å². The molecule has 1 amide bonds. The monoisotopic (exact) mass is 321 g/mol. The molecule has 1 aromatic carbocycles. The first-order valence-electron chi connectivity index (χ1n) is 7.53. The van der Waals surface area contributed by atoms with Crippen LogP contribution in [0.15, 0.2) is 41.8 Å². The molecule has 4 nitrogen and oxygen atoms in total. The number of aryl methyl sites for hydroxylation is 2. The summed E-state index contributed by atoms with van der Waals surface area (Å²) < 4.78 is 0. The fourth-order valence-electron chi connectivity index (χ4n) is 2.92. The van der Waals surface area contributed by atoms with Crippen LogP contribution in [-0.4, -0.2) is 15.9 Å². The summed E-state index contributed by atoms with van der Waals surface area (Å²) in [6, 6.07) is 12.3. The summed E-state index contributed by atoms with van der Waals surface area (Å²) in [6.45, 7) is 1.49. The molecule has 0 aliphatic heterocycles.